The maximum Gasteiger partial charge on any atom is 0.406 e. The number of alkyl halides is 3. The highest BCUT2D eigenvalue weighted by atomic mass is 19.4. The van der Waals surface area contributed by atoms with E-state index >= 15 is 0 Å². The van der Waals surface area contributed by atoms with Gasteiger partial charge in [0.1, 0.15) is 6.54 Å². The Labute approximate surface area is 109 Å². The first-order chi connectivity index (χ1) is 8.76. The van der Waals surface area contributed by atoms with Gasteiger partial charge in [-0.2, -0.15) is 13.2 Å². The quantitative estimate of drug-likeness (QED) is 0.860. The first-order valence-corrected chi connectivity index (χ1v) is 6.34. The lowest BCUT2D eigenvalue weighted by Crippen LogP contribution is -2.46. The van der Waals surface area contributed by atoms with E-state index in [-0.39, 0.29) is 6.54 Å². The topological polar surface area (TPSA) is 57.6 Å². The van der Waals surface area contributed by atoms with Gasteiger partial charge in [-0.1, -0.05) is 12.8 Å². The number of halogens is 3. The molecule has 0 heterocycles. The molecule has 0 radical (unpaired) electrons. The molecule has 7 heteroatoms. The van der Waals surface area contributed by atoms with E-state index in [2.05, 4.69) is 0 Å². The SMILES string of the molecule is CCN(CC(F)(F)F)C(=O)C1CCCCC1C(=O)O. The number of hydrogen-bond acceptors (Lipinski definition) is 2. The Balaban J connectivity index is 2.79. The van der Waals surface area contributed by atoms with Crippen molar-refractivity contribution in [2.75, 3.05) is 13.1 Å². The molecule has 1 N–H and O–H groups in total. The summed E-state index contributed by atoms with van der Waals surface area (Å²) in [6.45, 7) is 0.0780. The number of carbonyl (C=O) groups excluding carboxylic acids is 1. The number of nitrogens with zero attached hydrogens (tertiary/aromatic N) is 1. The van der Waals surface area contributed by atoms with Gasteiger partial charge >= 0.3 is 12.1 Å². The molecular weight excluding hydrogens is 263 g/mol. The molecule has 0 aromatic carbocycles. The summed E-state index contributed by atoms with van der Waals surface area (Å²) in [5, 5.41) is 9.05. The molecule has 0 spiro atoms. The minimum atomic E-state index is -4.46. The van der Waals surface area contributed by atoms with Crippen molar-refractivity contribution < 1.29 is 27.9 Å². The van der Waals surface area contributed by atoms with Gasteiger partial charge in [-0.25, -0.2) is 0 Å². The van der Waals surface area contributed by atoms with Crippen LogP contribution >= 0.6 is 0 Å². The molecule has 0 aromatic rings. The molecule has 110 valence electrons. The van der Waals surface area contributed by atoms with E-state index in [1.165, 1.54) is 6.92 Å². The molecule has 1 amide bonds. The van der Waals surface area contributed by atoms with Gasteiger partial charge in [0.05, 0.1) is 11.8 Å². The molecule has 0 aliphatic heterocycles. The minimum Gasteiger partial charge on any atom is -0.481 e. The third kappa shape index (κ3) is 4.40. The monoisotopic (exact) mass is 281 g/mol. The van der Waals surface area contributed by atoms with Crippen molar-refractivity contribution in [3.8, 4) is 0 Å². The van der Waals surface area contributed by atoms with Gasteiger partial charge in [0, 0.05) is 6.54 Å². The third-order valence-corrected chi connectivity index (χ3v) is 3.46. The highest BCUT2D eigenvalue weighted by Crippen LogP contribution is 2.32. The van der Waals surface area contributed by atoms with E-state index in [9.17, 15) is 22.8 Å². The zero-order valence-corrected chi connectivity index (χ0v) is 10.7. The standard InChI is InChI=1S/C12H18F3NO3/c1-2-16(7-12(13,14)15)10(17)8-5-3-4-6-9(8)11(18)19/h8-9H,2-7H2,1H3,(H,18,19). The Morgan fingerprint density at radius 2 is 1.74 bits per heavy atom. The normalized spacial score (nSPS) is 24.0. The fourth-order valence-electron chi connectivity index (χ4n) is 2.52. The summed E-state index contributed by atoms with van der Waals surface area (Å²) in [5.41, 5.74) is 0. The van der Waals surface area contributed by atoms with Crippen LogP contribution in [0.2, 0.25) is 0 Å². The number of carboxylic acid groups (broad SMARTS) is 1. The van der Waals surface area contributed by atoms with E-state index in [0.29, 0.717) is 30.6 Å². The van der Waals surface area contributed by atoms with Crippen LogP contribution in [0.4, 0.5) is 13.2 Å². The predicted octanol–water partition coefficient (Wildman–Crippen LogP) is 2.29. The third-order valence-electron chi connectivity index (χ3n) is 3.46. The summed E-state index contributed by atoms with van der Waals surface area (Å²) in [6.07, 6.45) is -2.37. The van der Waals surface area contributed by atoms with Gasteiger partial charge in [-0.15, -0.1) is 0 Å². The second-order valence-corrected chi connectivity index (χ2v) is 4.80. The number of rotatable bonds is 4. The molecule has 4 nitrogen and oxygen atoms in total. The van der Waals surface area contributed by atoms with Crippen molar-refractivity contribution in [2.24, 2.45) is 11.8 Å². The lowest BCUT2D eigenvalue weighted by molar-refractivity contribution is -0.167. The molecule has 1 saturated carbocycles. The zero-order valence-electron chi connectivity index (χ0n) is 10.7. The molecule has 2 unspecified atom stereocenters. The number of aliphatic carboxylic acids is 1. The van der Waals surface area contributed by atoms with Crippen molar-refractivity contribution in [3.63, 3.8) is 0 Å². The van der Waals surface area contributed by atoms with Crippen LogP contribution in [0, 0.1) is 11.8 Å². The molecule has 1 aliphatic carbocycles. The molecule has 1 rings (SSSR count). The molecule has 0 saturated heterocycles. The minimum absolute atomic E-state index is 0.0683. The van der Waals surface area contributed by atoms with Gasteiger partial charge in [0.15, 0.2) is 0 Å². The second-order valence-electron chi connectivity index (χ2n) is 4.80. The zero-order chi connectivity index (χ0) is 14.6. The van der Waals surface area contributed by atoms with E-state index in [1.807, 2.05) is 0 Å². The summed E-state index contributed by atoms with van der Waals surface area (Å²) in [4.78, 5) is 23.9. The molecule has 2 atom stereocenters. The van der Waals surface area contributed by atoms with Crippen molar-refractivity contribution in [1.82, 2.24) is 4.90 Å². The van der Waals surface area contributed by atoms with Crippen LogP contribution in [0.5, 0.6) is 0 Å². The summed E-state index contributed by atoms with van der Waals surface area (Å²) < 4.78 is 37.1. The Bertz CT molecular complexity index is 344. The lowest BCUT2D eigenvalue weighted by Gasteiger charge is -2.32. The summed E-state index contributed by atoms with van der Waals surface area (Å²) in [5.74, 6) is -3.47. The van der Waals surface area contributed by atoms with Crippen LogP contribution in [-0.4, -0.2) is 41.1 Å². The van der Waals surface area contributed by atoms with Crippen LogP contribution in [0.25, 0.3) is 0 Å². The summed E-state index contributed by atoms with van der Waals surface area (Å²) in [7, 11) is 0. The fourth-order valence-corrected chi connectivity index (χ4v) is 2.52. The van der Waals surface area contributed by atoms with Gasteiger partial charge in [-0.3, -0.25) is 9.59 Å². The Kier molecular flexibility index (Phi) is 5.20. The van der Waals surface area contributed by atoms with Gasteiger partial charge in [0.2, 0.25) is 5.91 Å². The van der Waals surface area contributed by atoms with Gasteiger partial charge in [0.25, 0.3) is 0 Å². The van der Waals surface area contributed by atoms with Crippen molar-refractivity contribution >= 4 is 11.9 Å². The van der Waals surface area contributed by atoms with Crippen LogP contribution in [0.3, 0.4) is 0 Å². The number of carbonyl (C=O) groups is 2. The van der Waals surface area contributed by atoms with Crippen LogP contribution in [0.1, 0.15) is 32.6 Å². The molecule has 1 fully saturated rings. The first-order valence-electron chi connectivity index (χ1n) is 6.34. The smallest absolute Gasteiger partial charge is 0.406 e. The average molecular weight is 281 g/mol. The van der Waals surface area contributed by atoms with Crippen molar-refractivity contribution in [3.05, 3.63) is 0 Å². The summed E-state index contributed by atoms with van der Waals surface area (Å²) in [6, 6.07) is 0. The number of amides is 1. The Morgan fingerprint density at radius 3 is 2.16 bits per heavy atom. The van der Waals surface area contributed by atoms with Gasteiger partial charge in [-0.05, 0) is 19.8 Å². The summed E-state index contributed by atoms with van der Waals surface area (Å²) >= 11 is 0. The highest BCUT2D eigenvalue weighted by molar-refractivity contribution is 5.85. The molecule has 0 aromatic heterocycles. The molecule has 1 aliphatic rings. The van der Waals surface area contributed by atoms with E-state index in [0.717, 1.165) is 0 Å². The Morgan fingerprint density at radius 1 is 1.21 bits per heavy atom. The Hall–Kier alpha value is -1.27. The van der Waals surface area contributed by atoms with Crippen LogP contribution in [-0.2, 0) is 9.59 Å². The maximum absolute atomic E-state index is 12.4. The van der Waals surface area contributed by atoms with Crippen molar-refractivity contribution in [1.29, 1.82) is 0 Å². The molecule has 0 bridgehead atoms. The first kappa shape index (κ1) is 15.8. The highest BCUT2D eigenvalue weighted by Gasteiger charge is 2.40. The van der Waals surface area contributed by atoms with E-state index < -0.39 is 36.4 Å². The second kappa shape index (κ2) is 6.25. The number of carboxylic acids is 1. The van der Waals surface area contributed by atoms with E-state index in [4.69, 9.17) is 5.11 Å². The van der Waals surface area contributed by atoms with Crippen LogP contribution < -0.4 is 0 Å². The average Bonchev–Trinajstić information content (AvgIpc) is 2.34. The number of hydrogen-bond donors (Lipinski definition) is 1. The maximum atomic E-state index is 12.4. The van der Waals surface area contributed by atoms with Gasteiger partial charge < -0.3 is 10.0 Å². The van der Waals surface area contributed by atoms with Crippen molar-refractivity contribution in [2.45, 2.75) is 38.8 Å². The molecule has 19 heavy (non-hydrogen) atoms. The molecular formula is C12H18F3NO3. The largest absolute Gasteiger partial charge is 0.481 e. The predicted molar refractivity (Wildman–Crippen MR) is 61.4 cm³/mol. The van der Waals surface area contributed by atoms with E-state index in [1.54, 1.807) is 0 Å². The van der Waals surface area contributed by atoms with Crippen LogP contribution in [0.15, 0.2) is 0 Å². The fraction of sp³-hybridized carbons (Fsp3) is 0.833. The lowest BCUT2D eigenvalue weighted by atomic mass is 9.78.